The van der Waals surface area contributed by atoms with Gasteiger partial charge in [-0.15, -0.1) is 0 Å². The molecule has 0 bridgehead atoms. The van der Waals surface area contributed by atoms with E-state index in [0.717, 1.165) is 6.54 Å². The number of halogens is 2. The molecule has 0 aliphatic rings. The zero-order chi connectivity index (χ0) is 12.0. The van der Waals surface area contributed by atoms with Crippen LogP contribution in [0.25, 0.3) is 0 Å². The Labute approximate surface area is 103 Å². The molecule has 0 aliphatic carbocycles. The third-order valence-corrected chi connectivity index (χ3v) is 2.67. The van der Waals surface area contributed by atoms with Gasteiger partial charge in [0.1, 0.15) is 5.82 Å². The van der Waals surface area contributed by atoms with Gasteiger partial charge in [-0.1, -0.05) is 13.0 Å². The van der Waals surface area contributed by atoms with Crippen molar-refractivity contribution >= 4 is 27.5 Å². The smallest absolute Gasteiger partial charge is 0.225 e. The van der Waals surface area contributed by atoms with Crippen LogP contribution in [0.5, 0.6) is 0 Å². The molecule has 1 aromatic carbocycles. The Morgan fingerprint density at radius 2 is 2.25 bits per heavy atom. The van der Waals surface area contributed by atoms with E-state index in [0.29, 0.717) is 17.4 Å². The first-order chi connectivity index (χ1) is 7.65. The summed E-state index contributed by atoms with van der Waals surface area (Å²) in [5, 5.41) is 5.56. The SMILES string of the molecule is CCNCCC(=O)Nc1c(F)cccc1Br. The molecule has 88 valence electrons. The number of benzene rings is 1. The molecule has 1 amide bonds. The summed E-state index contributed by atoms with van der Waals surface area (Å²) < 4.78 is 13.9. The van der Waals surface area contributed by atoms with E-state index in [4.69, 9.17) is 0 Å². The lowest BCUT2D eigenvalue weighted by molar-refractivity contribution is -0.116. The summed E-state index contributed by atoms with van der Waals surface area (Å²) in [4.78, 5) is 11.5. The van der Waals surface area contributed by atoms with E-state index in [9.17, 15) is 9.18 Å². The maximum atomic E-state index is 13.3. The van der Waals surface area contributed by atoms with E-state index < -0.39 is 5.82 Å². The number of anilines is 1. The van der Waals surface area contributed by atoms with Crippen LogP contribution >= 0.6 is 15.9 Å². The highest BCUT2D eigenvalue weighted by Gasteiger charge is 2.09. The molecule has 0 atom stereocenters. The lowest BCUT2D eigenvalue weighted by Crippen LogP contribution is -2.21. The number of para-hydroxylation sites is 1. The molecule has 0 spiro atoms. The quantitative estimate of drug-likeness (QED) is 0.818. The summed E-state index contributed by atoms with van der Waals surface area (Å²) in [6.45, 7) is 3.37. The largest absolute Gasteiger partial charge is 0.323 e. The summed E-state index contributed by atoms with van der Waals surface area (Å²) in [5.41, 5.74) is 0.198. The van der Waals surface area contributed by atoms with Crippen molar-refractivity contribution in [1.29, 1.82) is 0 Å². The first kappa shape index (κ1) is 13.1. The molecule has 0 saturated heterocycles. The minimum absolute atomic E-state index is 0.198. The average Bonchev–Trinajstić information content (AvgIpc) is 2.24. The molecular formula is C11H14BrFN2O. The van der Waals surface area contributed by atoms with Gasteiger partial charge in [-0.3, -0.25) is 4.79 Å². The highest BCUT2D eigenvalue weighted by atomic mass is 79.9. The molecule has 2 N–H and O–H groups in total. The van der Waals surface area contributed by atoms with Crippen LogP contribution in [0.1, 0.15) is 13.3 Å². The molecule has 5 heteroatoms. The van der Waals surface area contributed by atoms with E-state index in [2.05, 4.69) is 26.6 Å². The van der Waals surface area contributed by atoms with Crippen molar-refractivity contribution in [1.82, 2.24) is 5.32 Å². The summed E-state index contributed by atoms with van der Waals surface area (Å²) in [5.74, 6) is -0.641. The Balaban J connectivity index is 2.56. The van der Waals surface area contributed by atoms with Crippen LogP contribution in [0.3, 0.4) is 0 Å². The third kappa shape index (κ3) is 3.90. The van der Waals surface area contributed by atoms with E-state index in [1.807, 2.05) is 6.92 Å². The zero-order valence-corrected chi connectivity index (χ0v) is 10.6. The minimum atomic E-state index is -0.439. The van der Waals surface area contributed by atoms with Crippen molar-refractivity contribution in [2.45, 2.75) is 13.3 Å². The predicted molar refractivity (Wildman–Crippen MR) is 65.9 cm³/mol. The molecule has 1 rings (SSSR count). The van der Waals surface area contributed by atoms with Crippen molar-refractivity contribution in [2.75, 3.05) is 18.4 Å². The van der Waals surface area contributed by atoms with Crippen molar-refractivity contribution in [2.24, 2.45) is 0 Å². The second-order valence-corrected chi connectivity index (χ2v) is 4.10. The number of carbonyl (C=O) groups is 1. The molecule has 1 aromatic rings. The molecule has 3 nitrogen and oxygen atoms in total. The number of hydrogen-bond acceptors (Lipinski definition) is 2. The van der Waals surface area contributed by atoms with Crippen LogP contribution < -0.4 is 10.6 Å². The lowest BCUT2D eigenvalue weighted by Gasteiger charge is -2.08. The number of rotatable bonds is 5. The molecule has 0 saturated carbocycles. The monoisotopic (exact) mass is 288 g/mol. The topological polar surface area (TPSA) is 41.1 Å². The Bertz CT molecular complexity index is 351. The maximum Gasteiger partial charge on any atom is 0.225 e. The van der Waals surface area contributed by atoms with Gasteiger partial charge in [0, 0.05) is 17.4 Å². The summed E-state index contributed by atoms with van der Waals surface area (Å²) in [6, 6.07) is 4.57. The molecule has 0 aliphatic heterocycles. The standard InChI is InChI=1S/C11H14BrFN2O/c1-2-14-7-6-10(16)15-11-8(12)4-3-5-9(11)13/h3-5,14H,2,6-7H2,1H3,(H,15,16). The molecule has 0 fully saturated rings. The highest BCUT2D eigenvalue weighted by molar-refractivity contribution is 9.10. The fraction of sp³-hybridized carbons (Fsp3) is 0.364. The van der Waals surface area contributed by atoms with Gasteiger partial charge in [-0.05, 0) is 34.6 Å². The second kappa shape index (κ2) is 6.60. The summed E-state index contributed by atoms with van der Waals surface area (Å²) in [7, 11) is 0. The van der Waals surface area contributed by atoms with Gasteiger partial charge in [0.25, 0.3) is 0 Å². The fourth-order valence-corrected chi connectivity index (χ4v) is 1.64. The van der Waals surface area contributed by atoms with Crippen LogP contribution in [-0.4, -0.2) is 19.0 Å². The Kier molecular flexibility index (Phi) is 5.42. The molecular weight excluding hydrogens is 275 g/mol. The minimum Gasteiger partial charge on any atom is -0.323 e. The Morgan fingerprint density at radius 3 is 2.88 bits per heavy atom. The van der Waals surface area contributed by atoms with Crippen LogP contribution in [0.15, 0.2) is 22.7 Å². The first-order valence-electron chi connectivity index (χ1n) is 5.09. The van der Waals surface area contributed by atoms with Crippen molar-refractivity contribution in [3.8, 4) is 0 Å². The molecule has 0 unspecified atom stereocenters. The van der Waals surface area contributed by atoms with Gasteiger partial charge < -0.3 is 10.6 Å². The van der Waals surface area contributed by atoms with E-state index >= 15 is 0 Å². The van der Waals surface area contributed by atoms with Crippen molar-refractivity contribution in [3.63, 3.8) is 0 Å². The van der Waals surface area contributed by atoms with E-state index in [1.165, 1.54) is 6.07 Å². The highest BCUT2D eigenvalue weighted by Crippen LogP contribution is 2.25. The van der Waals surface area contributed by atoms with Gasteiger partial charge in [-0.25, -0.2) is 4.39 Å². The van der Waals surface area contributed by atoms with Gasteiger partial charge in [0.2, 0.25) is 5.91 Å². The normalized spacial score (nSPS) is 10.2. The lowest BCUT2D eigenvalue weighted by atomic mass is 10.3. The molecule has 0 heterocycles. The number of amides is 1. The number of nitrogens with one attached hydrogen (secondary N) is 2. The van der Waals surface area contributed by atoms with Gasteiger partial charge in [0.15, 0.2) is 0 Å². The van der Waals surface area contributed by atoms with Gasteiger partial charge in [0.05, 0.1) is 5.69 Å². The third-order valence-electron chi connectivity index (χ3n) is 2.01. The summed E-state index contributed by atoms with van der Waals surface area (Å²) >= 11 is 3.19. The molecule has 0 radical (unpaired) electrons. The Morgan fingerprint density at radius 1 is 1.50 bits per heavy atom. The van der Waals surface area contributed by atoms with Crippen molar-refractivity contribution in [3.05, 3.63) is 28.5 Å². The maximum absolute atomic E-state index is 13.3. The summed E-state index contributed by atoms with van der Waals surface area (Å²) in [6.07, 6.45) is 0.328. The predicted octanol–water partition coefficient (Wildman–Crippen LogP) is 2.53. The van der Waals surface area contributed by atoms with E-state index in [-0.39, 0.29) is 11.6 Å². The zero-order valence-electron chi connectivity index (χ0n) is 9.02. The van der Waals surface area contributed by atoms with Crippen LogP contribution in [-0.2, 0) is 4.79 Å². The fourth-order valence-electron chi connectivity index (χ4n) is 1.20. The van der Waals surface area contributed by atoms with Crippen molar-refractivity contribution < 1.29 is 9.18 Å². The number of carbonyl (C=O) groups excluding carboxylic acids is 1. The van der Waals surface area contributed by atoms with Gasteiger partial charge in [-0.2, -0.15) is 0 Å². The van der Waals surface area contributed by atoms with Crippen LogP contribution in [0, 0.1) is 5.82 Å². The molecule has 0 aromatic heterocycles. The van der Waals surface area contributed by atoms with Crippen LogP contribution in [0.2, 0.25) is 0 Å². The molecule has 16 heavy (non-hydrogen) atoms. The first-order valence-corrected chi connectivity index (χ1v) is 5.89. The second-order valence-electron chi connectivity index (χ2n) is 3.25. The van der Waals surface area contributed by atoms with Crippen LogP contribution in [0.4, 0.5) is 10.1 Å². The van der Waals surface area contributed by atoms with Gasteiger partial charge >= 0.3 is 0 Å². The van der Waals surface area contributed by atoms with E-state index in [1.54, 1.807) is 12.1 Å². The Hall–Kier alpha value is -0.940. The number of hydrogen-bond donors (Lipinski definition) is 2. The average molecular weight is 289 g/mol.